The van der Waals surface area contributed by atoms with Gasteiger partial charge in [0.25, 0.3) is 5.91 Å². The summed E-state index contributed by atoms with van der Waals surface area (Å²) in [6, 6.07) is 8.20. The van der Waals surface area contributed by atoms with E-state index in [1.165, 1.54) is 10.3 Å². The second-order valence-corrected chi connectivity index (χ2v) is 7.97. The van der Waals surface area contributed by atoms with E-state index < -0.39 is 0 Å². The molecule has 1 amide bonds. The first-order chi connectivity index (χ1) is 12.5. The number of amides is 1. The Morgan fingerprint density at radius 2 is 1.92 bits per heavy atom. The van der Waals surface area contributed by atoms with Crippen LogP contribution in [0.25, 0.3) is 10.2 Å². The Morgan fingerprint density at radius 3 is 2.58 bits per heavy atom. The maximum absolute atomic E-state index is 12.6. The molecule has 1 fully saturated rings. The van der Waals surface area contributed by atoms with Gasteiger partial charge in [-0.1, -0.05) is 37.3 Å². The van der Waals surface area contributed by atoms with Crippen molar-refractivity contribution in [2.24, 2.45) is 7.05 Å². The first-order valence-corrected chi connectivity index (χ1v) is 9.78. The highest BCUT2D eigenvalue weighted by molar-refractivity contribution is 7.22. The summed E-state index contributed by atoms with van der Waals surface area (Å²) in [5, 5.41) is 5.15. The lowest BCUT2D eigenvalue weighted by molar-refractivity contribution is 0.0735. The van der Waals surface area contributed by atoms with Gasteiger partial charge in [0.05, 0.1) is 10.2 Å². The third kappa shape index (κ3) is 2.96. The summed E-state index contributed by atoms with van der Waals surface area (Å²) in [5.74, 6) is 0.512. The molecule has 1 aliphatic heterocycles. The standard InChI is InChI=1S/C19H23N5OS/c1-13(2)14-5-4-6-16-17(14)21-19(26-16)24-11-9-23(10-12-24)18(25)15-7-8-20-22(15)3/h4-8,13H,9-12H2,1-3H3. The van der Waals surface area contributed by atoms with Gasteiger partial charge in [-0.15, -0.1) is 0 Å². The molecule has 3 heterocycles. The minimum absolute atomic E-state index is 0.0519. The lowest BCUT2D eigenvalue weighted by Gasteiger charge is -2.34. The Balaban J connectivity index is 1.50. The number of piperazine rings is 1. The van der Waals surface area contributed by atoms with E-state index in [0.717, 1.165) is 23.7 Å². The molecule has 0 unspecified atom stereocenters. The summed E-state index contributed by atoms with van der Waals surface area (Å²) in [6.45, 7) is 7.43. The number of carbonyl (C=O) groups excluding carboxylic acids is 1. The van der Waals surface area contributed by atoms with Crippen LogP contribution in [0.4, 0.5) is 5.13 Å². The first-order valence-electron chi connectivity index (χ1n) is 8.96. The van der Waals surface area contributed by atoms with Crippen LogP contribution in [0, 0.1) is 0 Å². The molecule has 0 spiro atoms. The van der Waals surface area contributed by atoms with Crippen molar-refractivity contribution in [3.63, 3.8) is 0 Å². The van der Waals surface area contributed by atoms with Crippen LogP contribution in [0.3, 0.4) is 0 Å². The van der Waals surface area contributed by atoms with E-state index >= 15 is 0 Å². The number of benzene rings is 1. The van der Waals surface area contributed by atoms with Crippen LogP contribution in [0.5, 0.6) is 0 Å². The average molecular weight is 369 g/mol. The smallest absolute Gasteiger partial charge is 0.272 e. The minimum atomic E-state index is 0.0519. The molecular weight excluding hydrogens is 346 g/mol. The number of para-hydroxylation sites is 1. The molecule has 0 bridgehead atoms. The molecule has 26 heavy (non-hydrogen) atoms. The van der Waals surface area contributed by atoms with Gasteiger partial charge in [0, 0.05) is 39.4 Å². The molecule has 2 aromatic heterocycles. The monoisotopic (exact) mass is 369 g/mol. The van der Waals surface area contributed by atoms with Crippen molar-refractivity contribution < 1.29 is 4.79 Å². The zero-order valence-electron chi connectivity index (χ0n) is 15.3. The molecule has 1 saturated heterocycles. The van der Waals surface area contributed by atoms with E-state index in [-0.39, 0.29) is 5.91 Å². The van der Waals surface area contributed by atoms with Gasteiger partial charge in [-0.3, -0.25) is 9.48 Å². The van der Waals surface area contributed by atoms with Crippen molar-refractivity contribution in [2.75, 3.05) is 31.1 Å². The molecule has 0 aliphatic carbocycles. The van der Waals surface area contributed by atoms with Gasteiger partial charge in [-0.05, 0) is 23.6 Å². The van der Waals surface area contributed by atoms with Crippen molar-refractivity contribution in [2.45, 2.75) is 19.8 Å². The molecular formula is C19H23N5OS. The van der Waals surface area contributed by atoms with E-state index in [0.29, 0.717) is 24.7 Å². The number of hydrogen-bond donors (Lipinski definition) is 0. The van der Waals surface area contributed by atoms with Gasteiger partial charge in [-0.25, -0.2) is 4.98 Å². The van der Waals surface area contributed by atoms with Crippen LogP contribution in [-0.2, 0) is 7.05 Å². The van der Waals surface area contributed by atoms with Gasteiger partial charge in [0.15, 0.2) is 5.13 Å². The fourth-order valence-corrected chi connectivity index (χ4v) is 4.46. The Kier molecular flexibility index (Phi) is 4.40. The fourth-order valence-electron chi connectivity index (χ4n) is 3.41. The van der Waals surface area contributed by atoms with Crippen LogP contribution >= 0.6 is 11.3 Å². The second kappa shape index (κ2) is 6.72. The van der Waals surface area contributed by atoms with Crippen molar-refractivity contribution in [1.29, 1.82) is 0 Å². The summed E-state index contributed by atoms with van der Waals surface area (Å²) in [4.78, 5) is 21.7. The maximum Gasteiger partial charge on any atom is 0.272 e. The van der Waals surface area contributed by atoms with Gasteiger partial charge in [0.1, 0.15) is 5.69 Å². The second-order valence-electron chi connectivity index (χ2n) is 6.96. The Labute approximate surface area is 157 Å². The van der Waals surface area contributed by atoms with Crippen molar-refractivity contribution in [3.05, 3.63) is 41.7 Å². The summed E-state index contributed by atoms with van der Waals surface area (Å²) < 4.78 is 2.87. The highest BCUT2D eigenvalue weighted by Gasteiger charge is 2.25. The van der Waals surface area contributed by atoms with Gasteiger partial charge in [0.2, 0.25) is 0 Å². The molecule has 7 heteroatoms. The summed E-state index contributed by atoms with van der Waals surface area (Å²) in [7, 11) is 1.80. The van der Waals surface area contributed by atoms with Crippen LogP contribution in [0.2, 0.25) is 0 Å². The molecule has 1 aromatic carbocycles. The quantitative estimate of drug-likeness (QED) is 0.712. The third-order valence-corrected chi connectivity index (χ3v) is 6.02. The highest BCUT2D eigenvalue weighted by atomic mass is 32.1. The van der Waals surface area contributed by atoms with Crippen LogP contribution in [0.15, 0.2) is 30.5 Å². The number of hydrogen-bond acceptors (Lipinski definition) is 5. The van der Waals surface area contributed by atoms with Crippen molar-refractivity contribution in [1.82, 2.24) is 19.7 Å². The van der Waals surface area contributed by atoms with E-state index in [4.69, 9.17) is 4.98 Å². The minimum Gasteiger partial charge on any atom is -0.345 e. The summed E-state index contributed by atoms with van der Waals surface area (Å²) in [5.41, 5.74) is 3.06. The third-order valence-electron chi connectivity index (χ3n) is 4.94. The van der Waals surface area contributed by atoms with Gasteiger partial charge in [-0.2, -0.15) is 5.10 Å². The summed E-state index contributed by atoms with van der Waals surface area (Å²) >= 11 is 1.74. The highest BCUT2D eigenvalue weighted by Crippen LogP contribution is 2.33. The average Bonchev–Trinajstić information content (AvgIpc) is 3.26. The number of aryl methyl sites for hydroxylation is 1. The Morgan fingerprint density at radius 1 is 1.15 bits per heavy atom. The molecule has 6 nitrogen and oxygen atoms in total. The number of nitrogens with zero attached hydrogens (tertiary/aromatic N) is 5. The number of rotatable bonds is 3. The molecule has 136 valence electrons. The first kappa shape index (κ1) is 17.0. The Hall–Kier alpha value is -2.41. The van der Waals surface area contributed by atoms with Crippen molar-refractivity contribution >= 4 is 32.6 Å². The lowest BCUT2D eigenvalue weighted by atomic mass is 10.0. The topological polar surface area (TPSA) is 54.3 Å². The largest absolute Gasteiger partial charge is 0.345 e. The number of anilines is 1. The molecule has 3 aromatic rings. The fraction of sp³-hybridized carbons (Fsp3) is 0.421. The predicted octanol–water partition coefficient (Wildman–Crippen LogP) is 3.12. The van der Waals surface area contributed by atoms with Crippen LogP contribution in [-0.4, -0.2) is 51.8 Å². The normalized spacial score (nSPS) is 15.2. The van der Waals surface area contributed by atoms with E-state index in [2.05, 4.69) is 42.0 Å². The molecule has 0 saturated carbocycles. The van der Waals surface area contributed by atoms with E-state index in [9.17, 15) is 4.79 Å². The van der Waals surface area contributed by atoms with Crippen molar-refractivity contribution in [3.8, 4) is 0 Å². The number of aromatic nitrogens is 3. The predicted molar refractivity (Wildman–Crippen MR) is 105 cm³/mol. The van der Waals surface area contributed by atoms with Crippen LogP contribution < -0.4 is 4.90 Å². The lowest BCUT2D eigenvalue weighted by Crippen LogP contribution is -2.49. The number of fused-ring (bicyclic) bond motifs is 1. The molecule has 1 aliphatic rings. The van der Waals surface area contributed by atoms with Gasteiger partial charge >= 0.3 is 0 Å². The zero-order valence-corrected chi connectivity index (χ0v) is 16.2. The maximum atomic E-state index is 12.6. The van der Waals surface area contributed by atoms with Gasteiger partial charge < -0.3 is 9.80 Å². The Bertz CT molecular complexity index is 936. The molecule has 0 N–H and O–H groups in total. The summed E-state index contributed by atoms with van der Waals surface area (Å²) in [6.07, 6.45) is 1.66. The SMILES string of the molecule is CC(C)c1cccc2sc(N3CCN(C(=O)c4ccnn4C)CC3)nc12. The molecule has 4 rings (SSSR count). The van der Waals surface area contributed by atoms with E-state index in [1.807, 2.05) is 4.90 Å². The number of carbonyl (C=O) groups is 1. The molecule has 0 atom stereocenters. The van der Waals surface area contributed by atoms with Crippen LogP contribution in [0.1, 0.15) is 35.8 Å². The van der Waals surface area contributed by atoms with E-state index in [1.54, 1.807) is 35.3 Å². The zero-order chi connectivity index (χ0) is 18.3. The number of thiazole rings is 1. The molecule has 0 radical (unpaired) electrons.